The fourth-order valence-electron chi connectivity index (χ4n) is 4.14. The Kier molecular flexibility index (Phi) is 8.63. The number of nitro groups is 1. The number of morpholine rings is 1. The third-order valence-electron chi connectivity index (χ3n) is 5.94. The van der Waals surface area contributed by atoms with Gasteiger partial charge in [-0.2, -0.15) is 0 Å². The number of hydrogen-bond acceptors (Lipinski definition) is 11. The van der Waals surface area contributed by atoms with Gasteiger partial charge in [-0.05, 0) is 29.8 Å². The number of oxime groups is 1. The smallest absolute Gasteiger partial charge is 0.414 e. The lowest BCUT2D eigenvalue weighted by Crippen LogP contribution is -2.38. The first kappa shape index (κ1) is 28.9. The number of carboxylic acids is 2. The summed E-state index contributed by atoms with van der Waals surface area (Å²) < 4.78 is 32.8. The third-order valence-corrected chi connectivity index (χ3v) is 8.96. The molecule has 0 aliphatic carbocycles. The van der Waals surface area contributed by atoms with Crippen molar-refractivity contribution in [1.82, 2.24) is 9.47 Å². The number of fused-ring (bicyclic) bond motifs is 3. The second-order valence-electron chi connectivity index (χ2n) is 8.62. The molecule has 16 heteroatoms. The van der Waals surface area contributed by atoms with Crippen LogP contribution in [0.2, 0.25) is 0 Å². The molecule has 0 saturated carbocycles. The summed E-state index contributed by atoms with van der Waals surface area (Å²) >= 11 is 1.14. The highest BCUT2D eigenvalue weighted by atomic mass is 32.2. The molecular formula is C24H24N4O10S2. The number of nitrogens with zero attached hydrogens (tertiary/aromatic N) is 4. The summed E-state index contributed by atoms with van der Waals surface area (Å²) in [6, 6.07) is 9.66. The van der Waals surface area contributed by atoms with Crippen molar-refractivity contribution in [3.8, 4) is 16.8 Å². The Labute approximate surface area is 231 Å². The maximum absolute atomic E-state index is 12.7. The van der Waals surface area contributed by atoms with Crippen LogP contribution in [0.4, 0.5) is 5.69 Å². The molecule has 2 aliphatic rings. The van der Waals surface area contributed by atoms with Crippen LogP contribution in [-0.4, -0.2) is 96.4 Å². The van der Waals surface area contributed by atoms with E-state index in [1.54, 1.807) is 12.1 Å². The number of rotatable bonds is 7. The zero-order valence-corrected chi connectivity index (χ0v) is 22.7. The summed E-state index contributed by atoms with van der Waals surface area (Å²) in [6.45, 7) is 4.25. The molecule has 3 aromatic rings. The number of ether oxygens (including phenoxy) is 1. The number of hydrogen-bond donors (Lipinski definition) is 2. The van der Waals surface area contributed by atoms with E-state index in [1.807, 2.05) is 22.9 Å². The Bertz CT molecular complexity index is 1560. The molecule has 0 amide bonds. The molecule has 0 spiro atoms. The van der Waals surface area contributed by atoms with Crippen molar-refractivity contribution in [2.75, 3.05) is 45.7 Å². The van der Waals surface area contributed by atoms with Gasteiger partial charge in [0, 0.05) is 49.8 Å². The summed E-state index contributed by atoms with van der Waals surface area (Å²) in [6.07, 6.45) is 3.01. The van der Waals surface area contributed by atoms with E-state index in [4.69, 9.17) is 29.4 Å². The zero-order valence-electron chi connectivity index (χ0n) is 21.0. The Morgan fingerprint density at radius 2 is 1.80 bits per heavy atom. The highest BCUT2D eigenvalue weighted by Crippen LogP contribution is 2.47. The Morgan fingerprint density at radius 3 is 2.38 bits per heavy atom. The Balaban J connectivity index is 0.000000557. The van der Waals surface area contributed by atoms with Crippen LogP contribution >= 0.6 is 11.3 Å². The van der Waals surface area contributed by atoms with Crippen LogP contribution in [-0.2, 0) is 29.0 Å². The highest BCUT2D eigenvalue weighted by molar-refractivity contribution is 7.93. The first-order chi connectivity index (χ1) is 19.0. The molecule has 5 rings (SSSR count). The van der Waals surface area contributed by atoms with Crippen LogP contribution < -0.4 is 0 Å². The molecule has 0 atom stereocenters. The number of carbonyl (C=O) groups is 2. The van der Waals surface area contributed by atoms with Gasteiger partial charge in [-0.3, -0.25) is 15.0 Å². The molecule has 2 aliphatic heterocycles. The topological polar surface area (TPSA) is 191 Å². The highest BCUT2D eigenvalue weighted by Gasteiger charge is 2.35. The fourth-order valence-corrected chi connectivity index (χ4v) is 6.61. The zero-order chi connectivity index (χ0) is 29.0. The van der Waals surface area contributed by atoms with E-state index in [2.05, 4.69) is 10.1 Å². The number of sulfone groups is 1. The van der Waals surface area contributed by atoms with Gasteiger partial charge in [0.15, 0.2) is 9.84 Å². The Morgan fingerprint density at radius 1 is 1.15 bits per heavy atom. The summed E-state index contributed by atoms with van der Waals surface area (Å²) in [7, 11) is -3.58. The molecule has 1 saturated heterocycles. The van der Waals surface area contributed by atoms with Gasteiger partial charge in [0.25, 0.3) is 5.69 Å². The predicted molar refractivity (Wildman–Crippen MR) is 143 cm³/mol. The third kappa shape index (κ3) is 6.20. The van der Waals surface area contributed by atoms with E-state index in [1.165, 1.54) is 12.1 Å². The van der Waals surface area contributed by atoms with Gasteiger partial charge in [-0.1, -0.05) is 5.16 Å². The minimum absolute atomic E-state index is 0.0610. The first-order valence-electron chi connectivity index (χ1n) is 11.8. The van der Waals surface area contributed by atoms with Crippen LogP contribution in [0.1, 0.15) is 10.6 Å². The standard InChI is InChI=1S/C22H22N4O6S2.C2H2O4/c1-34(29,30)22-18(15-4-6-16(7-5-15)26(27)28)20-21(33-22)19(17-3-2-8-25(17)20)23-32-14-11-24-9-12-31-13-10-24;3-1(4)2(5)6/h2-8H,9-14H2,1H3;(H,3,4)(H,5,6)/b23-19-;. The Hall–Kier alpha value is -4.12. The second kappa shape index (κ2) is 12.0. The molecule has 14 nitrogen and oxygen atoms in total. The molecule has 0 bridgehead atoms. The van der Waals surface area contributed by atoms with Crippen molar-refractivity contribution < 1.29 is 42.7 Å². The molecule has 2 N–H and O–H groups in total. The van der Waals surface area contributed by atoms with Gasteiger partial charge in [-0.15, -0.1) is 11.3 Å². The maximum Gasteiger partial charge on any atom is 0.414 e. The van der Waals surface area contributed by atoms with Crippen LogP contribution in [0.3, 0.4) is 0 Å². The molecular weight excluding hydrogens is 568 g/mol. The molecule has 0 radical (unpaired) electrons. The van der Waals surface area contributed by atoms with Gasteiger partial charge in [0.2, 0.25) is 0 Å². The van der Waals surface area contributed by atoms with Crippen molar-refractivity contribution in [3.05, 3.63) is 63.3 Å². The average molecular weight is 593 g/mol. The van der Waals surface area contributed by atoms with E-state index >= 15 is 0 Å². The minimum Gasteiger partial charge on any atom is -0.473 e. The molecule has 212 valence electrons. The van der Waals surface area contributed by atoms with Gasteiger partial charge in [0.05, 0.1) is 34.4 Å². The van der Waals surface area contributed by atoms with Gasteiger partial charge < -0.3 is 24.4 Å². The lowest BCUT2D eigenvalue weighted by Gasteiger charge is -2.25. The first-order valence-corrected chi connectivity index (χ1v) is 14.5. The van der Waals surface area contributed by atoms with Crippen molar-refractivity contribution in [3.63, 3.8) is 0 Å². The molecule has 40 heavy (non-hydrogen) atoms. The van der Waals surface area contributed by atoms with Crippen molar-refractivity contribution in [2.45, 2.75) is 4.21 Å². The van der Waals surface area contributed by atoms with Crippen LogP contribution in [0, 0.1) is 10.1 Å². The normalized spacial score (nSPS) is 15.6. The summed E-state index contributed by atoms with van der Waals surface area (Å²) in [4.78, 5) is 37.4. The molecule has 1 aromatic carbocycles. The summed E-state index contributed by atoms with van der Waals surface area (Å²) in [5, 5.41) is 30.3. The monoisotopic (exact) mass is 592 g/mol. The van der Waals surface area contributed by atoms with Crippen molar-refractivity contribution >= 4 is 44.5 Å². The van der Waals surface area contributed by atoms with E-state index < -0.39 is 26.7 Å². The second-order valence-corrected chi connectivity index (χ2v) is 11.9. The number of non-ortho nitro benzene ring substituents is 1. The summed E-state index contributed by atoms with van der Waals surface area (Å²) in [5.41, 5.74) is 3.09. The maximum atomic E-state index is 12.7. The number of benzene rings is 1. The molecule has 4 heterocycles. The number of aliphatic carboxylic acids is 2. The molecule has 0 unspecified atom stereocenters. The number of carboxylic acid groups (broad SMARTS) is 2. The van der Waals surface area contributed by atoms with E-state index in [0.717, 1.165) is 42.9 Å². The van der Waals surface area contributed by atoms with Gasteiger partial charge in [0.1, 0.15) is 16.5 Å². The van der Waals surface area contributed by atoms with Crippen LogP contribution in [0.25, 0.3) is 16.8 Å². The van der Waals surface area contributed by atoms with E-state index in [-0.39, 0.29) is 9.90 Å². The van der Waals surface area contributed by atoms with Gasteiger partial charge in [-0.25, -0.2) is 18.0 Å². The number of aromatic nitrogens is 1. The predicted octanol–water partition coefficient (Wildman–Crippen LogP) is 2.09. The van der Waals surface area contributed by atoms with E-state index in [0.29, 0.717) is 47.2 Å². The van der Waals surface area contributed by atoms with Crippen LogP contribution in [0.15, 0.2) is 52.0 Å². The van der Waals surface area contributed by atoms with Crippen molar-refractivity contribution in [2.24, 2.45) is 5.16 Å². The quantitative estimate of drug-likeness (QED) is 0.138. The number of thiophene rings is 1. The summed E-state index contributed by atoms with van der Waals surface area (Å²) in [5.74, 6) is -3.65. The lowest BCUT2D eigenvalue weighted by atomic mass is 10.1. The molecule has 1 fully saturated rings. The number of nitro benzene ring substituents is 1. The SMILES string of the molecule is CS(=O)(=O)c1sc2c(c1-c1ccc([N+](=O)[O-])cc1)-n1cccc1/C2=N/OCCN1CCOCC1.O=C(O)C(=O)O. The van der Waals surface area contributed by atoms with Crippen LogP contribution in [0.5, 0.6) is 0 Å². The van der Waals surface area contributed by atoms with Gasteiger partial charge >= 0.3 is 11.9 Å². The fraction of sp³-hybridized carbons (Fsp3) is 0.292. The van der Waals surface area contributed by atoms with Crippen molar-refractivity contribution in [1.29, 1.82) is 0 Å². The lowest BCUT2D eigenvalue weighted by molar-refractivity contribution is -0.384. The van der Waals surface area contributed by atoms with E-state index in [9.17, 15) is 18.5 Å². The molecule has 2 aromatic heterocycles. The largest absolute Gasteiger partial charge is 0.473 e. The average Bonchev–Trinajstić information content (AvgIpc) is 3.60. The minimum atomic E-state index is -3.58.